The highest BCUT2D eigenvalue weighted by Crippen LogP contribution is 2.30. The minimum atomic E-state index is -3.67. The van der Waals surface area contributed by atoms with Gasteiger partial charge in [0.2, 0.25) is 10.0 Å². The third-order valence-corrected chi connectivity index (χ3v) is 6.46. The summed E-state index contributed by atoms with van der Waals surface area (Å²) in [5, 5.41) is 0. The van der Waals surface area contributed by atoms with Crippen LogP contribution in [0, 0.1) is 0 Å². The molecule has 0 radical (unpaired) electrons. The Labute approximate surface area is 160 Å². The Bertz CT molecular complexity index is 873. The molecular formula is C19H27N3O4S. The smallest absolute Gasteiger partial charge is 0.240 e. The summed E-state index contributed by atoms with van der Waals surface area (Å²) in [6.45, 7) is 2.27. The van der Waals surface area contributed by atoms with Gasteiger partial charge in [-0.2, -0.15) is 0 Å². The SMILES string of the molecule is COc1ccc(S(=O)(=O)NC[C@@H](c2cccn2C)N2CCCC2)cc1OC. The summed E-state index contributed by atoms with van der Waals surface area (Å²) in [6, 6.07) is 8.64. The van der Waals surface area contributed by atoms with Crippen LogP contribution < -0.4 is 14.2 Å². The first kappa shape index (κ1) is 19.7. The van der Waals surface area contributed by atoms with Crippen molar-refractivity contribution in [1.29, 1.82) is 0 Å². The summed E-state index contributed by atoms with van der Waals surface area (Å²) < 4.78 is 40.9. The number of nitrogens with one attached hydrogen (secondary N) is 1. The molecule has 2 aromatic rings. The molecule has 1 aromatic heterocycles. The van der Waals surface area contributed by atoms with Gasteiger partial charge in [0.15, 0.2) is 11.5 Å². The molecule has 0 bridgehead atoms. The molecule has 0 aliphatic carbocycles. The Morgan fingerprint density at radius 1 is 1.11 bits per heavy atom. The van der Waals surface area contributed by atoms with Crippen molar-refractivity contribution < 1.29 is 17.9 Å². The summed E-state index contributed by atoms with van der Waals surface area (Å²) in [6.07, 6.45) is 4.27. The second-order valence-electron chi connectivity index (χ2n) is 6.67. The van der Waals surface area contributed by atoms with Crippen LogP contribution >= 0.6 is 0 Å². The molecule has 0 spiro atoms. The zero-order chi connectivity index (χ0) is 19.4. The van der Waals surface area contributed by atoms with E-state index in [1.807, 2.05) is 29.9 Å². The third-order valence-electron chi connectivity index (χ3n) is 5.04. The largest absolute Gasteiger partial charge is 0.493 e. The third kappa shape index (κ3) is 4.28. The lowest BCUT2D eigenvalue weighted by Gasteiger charge is -2.28. The number of nitrogens with zero attached hydrogens (tertiary/aromatic N) is 2. The molecule has 1 atom stereocenters. The summed E-state index contributed by atoms with van der Waals surface area (Å²) in [5.41, 5.74) is 1.10. The number of hydrogen-bond donors (Lipinski definition) is 1. The zero-order valence-corrected chi connectivity index (χ0v) is 16.8. The normalized spacial score (nSPS) is 16.4. The van der Waals surface area contributed by atoms with E-state index >= 15 is 0 Å². The molecule has 1 aliphatic rings. The van der Waals surface area contributed by atoms with Crippen molar-refractivity contribution in [1.82, 2.24) is 14.2 Å². The van der Waals surface area contributed by atoms with Gasteiger partial charge in [0.05, 0.1) is 25.2 Å². The van der Waals surface area contributed by atoms with Crippen LogP contribution in [0.4, 0.5) is 0 Å². The number of likely N-dealkylation sites (tertiary alicyclic amines) is 1. The molecule has 8 heteroatoms. The van der Waals surface area contributed by atoms with E-state index in [0.717, 1.165) is 31.6 Å². The minimum absolute atomic E-state index is 0.00224. The second-order valence-corrected chi connectivity index (χ2v) is 8.44. The van der Waals surface area contributed by atoms with E-state index in [2.05, 4.69) is 9.62 Å². The van der Waals surface area contributed by atoms with Crippen LogP contribution in [0.3, 0.4) is 0 Å². The Morgan fingerprint density at radius 2 is 1.81 bits per heavy atom. The van der Waals surface area contributed by atoms with Crippen LogP contribution in [0.1, 0.15) is 24.6 Å². The van der Waals surface area contributed by atoms with E-state index < -0.39 is 10.0 Å². The number of ether oxygens (including phenoxy) is 2. The Morgan fingerprint density at radius 3 is 2.41 bits per heavy atom. The average molecular weight is 394 g/mol. The van der Waals surface area contributed by atoms with Crippen molar-refractivity contribution in [3.05, 3.63) is 42.2 Å². The summed E-state index contributed by atoms with van der Waals surface area (Å²) >= 11 is 0. The molecule has 0 unspecified atom stereocenters. The topological polar surface area (TPSA) is 72.8 Å². The lowest BCUT2D eigenvalue weighted by molar-refractivity contribution is 0.238. The molecular weight excluding hydrogens is 366 g/mol. The summed E-state index contributed by atoms with van der Waals surface area (Å²) in [5.74, 6) is 0.883. The van der Waals surface area contributed by atoms with E-state index in [9.17, 15) is 8.42 Å². The molecule has 148 valence electrons. The van der Waals surface area contributed by atoms with Gasteiger partial charge >= 0.3 is 0 Å². The van der Waals surface area contributed by atoms with Crippen LogP contribution in [0.2, 0.25) is 0 Å². The first-order valence-electron chi connectivity index (χ1n) is 9.03. The molecule has 1 aromatic carbocycles. The lowest BCUT2D eigenvalue weighted by atomic mass is 10.2. The van der Waals surface area contributed by atoms with Crippen molar-refractivity contribution in [3.63, 3.8) is 0 Å². The standard InChI is InChI=1S/C19H27N3O4S/c1-21-10-6-7-16(21)17(22-11-4-5-12-22)14-20-27(23,24)15-8-9-18(25-2)19(13-15)26-3/h6-10,13,17,20H,4-5,11-12,14H2,1-3H3/t17-/m0/s1. The first-order chi connectivity index (χ1) is 13.0. The van der Waals surface area contributed by atoms with Gasteiger partial charge < -0.3 is 14.0 Å². The molecule has 3 rings (SSSR count). The van der Waals surface area contributed by atoms with E-state index in [-0.39, 0.29) is 10.9 Å². The number of rotatable bonds is 8. The summed E-state index contributed by atoms with van der Waals surface area (Å²) in [7, 11) is 1.32. The lowest BCUT2D eigenvalue weighted by Crippen LogP contribution is -2.37. The monoisotopic (exact) mass is 393 g/mol. The Balaban J connectivity index is 1.81. The van der Waals surface area contributed by atoms with E-state index in [0.29, 0.717) is 18.0 Å². The number of benzene rings is 1. The van der Waals surface area contributed by atoms with Crippen LogP contribution in [0.15, 0.2) is 41.4 Å². The van der Waals surface area contributed by atoms with Crippen molar-refractivity contribution in [2.24, 2.45) is 7.05 Å². The van der Waals surface area contributed by atoms with Crippen molar-refractivity contribution in [3.8, 4) is 11.5 Å². The van der Waals surface area contributed by atoms with E-state index in [4.69, 9.17) is 9.47 Å². The fourth-order valence-corrected chi connectivity index (χ4v) is 4.60. The molecule has 2 heterocycles. The molecule has 0 saturated carbocycles. The van der Waals surface area contributed by atoms with Gasteiger partial charge in [0.25, 0.3) is 0 Å². The van der Waals surface area contributed by atoms with Crippen LogP contribution in [-0.4, -0.2) is 51.7 Å². The number of hydrogen-bond acceptors (Lipinski definition) is 5. The highest BCUT2D eigenvalue weighted by Gasteiger charge is 2.27. The van der Waals surface area contributed by atoms with Gasteiger partial charge in [-0.25, -0.2) is 13.1 Å². The first-order valence-corrected chi connectivity index (χ1v) is 10.5. The zero-order valence-electron chi connectivity index (χ0n) is 16.0. The fourth-order valence-electron chi connectivity index (χ4n) is 3.55. The van der Waals surface area contributed by atoms with Gasteiger partial charge in [0.1, 0.15) is 0 Å². The van der Waals surface area contributed by atoms with E-state index in [1.165, 1.54) is 26.4 Å². The highest BCUT2D eigenvalue weighted by atomic mass is 32.2. The van der Waals surface area contributed by atoms with Gasteiger partial charge in [-0.15, -0.1) is 0 Å². The van der Waals surface area contributed by atoms with Crippen LogP contribution in [-0.2, 0) is 17.1 Å². The maximum atomic E-state index is 12.8. The van der Waals surface area contributed by atoms with Crippen LogP contribution in [0.25, 0.3) is 0 Å². The Kier molecular flexibility index (Phi) is 6.08. The predicted molar refractivity (Wildman–Crippen MR) is 104 cm³/mol. The van der Waals surface area contributed by atoms with Crippen molar-refractivity contribution in [2.75, 3.05) is 33.9 Å². The molecule has 1 aliphatic heterocycles. The van der Waals surface area contributed by atoms with Gasteiger partial charge in [-0.05, 0) is 50.2 Å². The molecule has 1 fully saturated rings. The summed E-state index contributed by atoms with van der Waals surface area (Å²) in [4.78, 5) is 2.50. The van der Waals surface area contributed by atoms with Crippen LogP contribution in [0.5, 0.6) is 11.5 Å². The molecule has 1 saturated heterocycles. The molecule has 1 N–H and O–H groups in total. The molecule has 7 nitrogen and oxygen atoms in total. The molecule has 0 amide bonds. The minimum Gasteiger partial charge on any atom is -0.493 e. The quantitative estimate of drug-likeness (QED) is 0.744. The maximum absolute atomic E-state index is 12.8. The van der Waals surface area contributed by atoms with Gasteiger partial charge in [0, 0.05) is 31.5 Å². The number of aromatic nitrogens is 1. The van der Waals surface area contributed by atoms with Gasteiger partial charge in [-0.3, -0.25) is 4.90 Å². The van der Waals surface area contributed by atoms with E-state index in [1.54, 1.807) is 6.07 Å². The fraction of sp³-hybridized carbons (Fsp3) is 0.474. The molecule has 27 heavy (non-hydrogen) atoms. The second kappa shape index (κ2) is 8.33. The predicted octanol–water partition coefficient (Wildman–Crippen LogP) is 2.16. The highest BCUT2D eigenvalue weighted by molar-refractivity contribution is 7.89. The maximum Gasteiger partial charge on any atom is 0.240 e. The van der Waals surface area contributed by atoms with Crippen molar-refractivity contribution >= 4 is 10.0 Å². The number of methoxy groups -OCH3 is 2. The number of aryl methyl sites for hydroxylation is 1. The average Bonchev–Trinajstić information content (AvgIpc) is 3.34. The number of sulfonamides is 1. The van der Waals surface area contributed by atoms with Gasteiger partial charge in [-0.1, -0.05) is 0 Å². The van der Waals surface area contributed by atoms with Crippen molar-refractivity contribution in [2.45, 2.75) is 23.8 Å². The Hall–Kier alpha value is -2.03.